The average molecular weight is 644 g/mol. The second-order valence-corrected chi connectivity index (χ2v) is 12.7. The van der Waals surface area contributed by atoms with Gasteiger partial charge in [0.2, 0.25) is 0 Å². The fourth-order valence-corrected chi connectivity index (χ4v) is 7.20. The molecule has 5 heteroatoms. The average Bonchev–Trinajstić information content (AvgIpc) is 3.77. The van der Waals surface area contributed by atoms with E-state index in [0.717, 1.165) is 84.9 Å². The smallest absolute Gasteiger partial charge is 0.164 e. The summed E-state index contributed by atoms with van der Waals surface area (Å²) in [5.74, 6) is 2.84. The van der Waals surface area contributed by atoms with Crippen molar-refractivity contribution in [2.45, 2.75) is 12.8 Å². The molecule has 1 aliphatic carbocycles. The first-order chi connectivity index (χ1) is 24.8. The molecule has 0 fully saturated rings. The van der Waals surface area contributed by atoms with Crippen LogP contribution in [0, 0.1) is 0 Å². The molecule has 5 nitrogen and oxygen atoms in total. The van der Waals surface area contributed by atoms with Crippen LogP contribution < -0.4 is 0 Å². The Morgan fingerprint density at radius 1 is 0.440 bits per heavy atom. The van der Waals surface area contributed by atoms with Crippen molar-refractivity contribution in [1.29, 1.82) is 0 Å². The van der Waals surface area contributed by atoms with Crippen molar-refractivity contribution in [3.8, 4) is 56.4 Å². The third-order valence-electron chi connectivity index (χ3n) is 9.62. The molecule has 236 valence electrons. The highest BCUT2D eigenvalue weighted by atomic mass is 16.3. The molecule has 0 N–H and O–H groups in total. The van der Waals surface area contributed by atoms with E-state index in [1.807, 2.05) is 66.7 Å². The van der Waals surface area contributed by atoms with Crippen molar-refractivity contribution in [2.75, 3.05) is 0 Å². The van der Waals surface area contributed by atoms with Crippen LogP contribution in [0.1, 0.15) is 17.7 Å². The number of allylic oxidation sites excluding steroid dienone is 1. The molecule has 1 aliphatic rings. The Labute approximate surface area is 288 Å². The summed E-state index contributed by atoms with van der Waals surface area (Å²) in [6.45, 7) is 0. The summed E-state index contributed by atoms with van der Waals surface area (Å²) < 4.78 is 12.7. The molecule has 0 aliphatic heterocycles. The van der Waals surface area contributed by atoms with Gasteiger partial charge in [-0.05, 0) is 59.0 Å². The molecule has 0 bridgehead atoms. The monoisotopic (exact) mass is 643 g/mol. The number of furan rings is 2. The van der Waals surface area contributed by atoms with Gasteiger partial charge in [-0.15, -0.1) is 0 Å². The minimum absolute atomic E-state index is 0.589. The van der Waals surface area contributed by atoms with Crippen molar-refractivity contribution >= 4 is 39.0 Å². The van der Waals surface area contributed by atoms with Gasteiger partial charge in [0.25, 0.3) is 0 Å². The van der Waals surface area contributed by atoms with Crippen LogP contribution in [-0.4, -0.2) is 15.0 Å². The van der Waals surface area contributed by atoms with Gasteiger partial charge < -0.3 is 8.83 Å². The molecular formula is C45H29N3O2. The zero-order valence-corrected chi connectivity index (χ0v) is 27.0. The van der Waals surface area contributed by atoms with Gasteiger partial charge in [-0.3, -0.25) is 0 Å². The first-order valence-electron chi connectivity index (χ1n) is 16.9. The third kappa shape index (κ3) is 4.74. The van der Waals surface area contributed by atoms with Crippen molar-refractivity contribution in [2.24, 2.45) is 0 Å². The second-order valence-electron chi connectivity index (χ2n) is 12.7. The van der Waals surface area contributed by atoms with Gasteiger partial charge in [0.05, 0.1) is 0 Å². The molecule has 3 heterocycles. The summed E-state index contributed by atoms with van der Waals surface area (Å²) >= 11 is 0. The Morgan fingerprint density at radius 3 is 1.80 bits per heavy atom. The quantitative estimate of drug-likeness (QED) is 0.187. The lowest BCUT2D eigenvalue weighted by Gasteiger charge is -2.10. The van der Waals surface area contributed by atoms with Crippen molar-refractivity contribution in [3.05, 3.63) is 157 Å². The zero-order valence-electron chi connectivity index (χ0n) is 27.0. The number of aryl methyl sites for hydroxylation is 1. The fourth-order valence-electron chi connectivity index (χ4n) is 7.20. The lowest BCUT2D eigenvalue weighted by Crippen LogP contribution is -2.00. The summed E-state index contributed by atoms with van der Waals surface area (Å²) in [7, 11) is 0. The fraction of sp³-hybridized carbons (Fsp3) is 0.0444. The van der Waals surface area contributed by atoms with Gasteiger partial charge in [0.1, 0.15) is 22.5 Å². The molecular weight excluding hydrogens is 615 g/mol. The van der Waals surface area contributed by atoms with E-state index in [9.17, 15) is 0 Å². The maximum Gasteiger partial charge on any atom is 0.164 e. The van der Waals surface area contributed by atoms with Gasteiger partial charge in [-0.25, -0.2) is 15.0 Å². The standard InChI is InChI=1S/C45H29N3O2/c1-3-11-28(12-4-1)29-21-23-30(24-22-29)33-16-9-19-39-41(33)42-35(17-10-20-40(42)50-39)45-47-43(31-13-5-2-6-14-31)46-44(48-45)32-25-26-38-36(27-32)34-15-7-8-18-37(34)49-38/h1-7,9-17,19-27H,8,18H2. The van der Waals surface area contributed by atoms with Crippen LogP contribution in [0.2, 0.25) is 0 Å². The topological polar surface area (TPSA) is 65.0 Å². The van der Waals surface area contributed by atoms with Crippen LogP contribution in [-0.2, 0) is 6.42 Å². The molecule has 50 heavy (non-hydrogen) atoms. The summed E-state index contributed by atoms with van der Waals surface area (Å²) in [5, 5.41) is 3.08. The number of aromatic nitrogens is 3. The van der Waals surface area contributed by atoms with Gasteiger partial charge in [0, 0.05) is 44.8 Å². The van der Waals surface area contributed by atoms with Crippen molar-refractivity contribution < 1.29 is 8.83 Å². The SMILES string of the molecule is C1=Cc2c(oc3ccc(-c4nc(-c5ccccc5)nc(-c5cccc6oc7cccc(-c8ccc(-c9ccccc9)cc8)c7c56)n4)cc23)CC1. The van der Waals surface area contributed by atoms with Gasteiger partial charge in [0.15, 0.2) is 17.5 Å². The van der Waals surface area contributed by atoms with E-state index in [1.54, 1.807) is 0 Å². The van der Waals surface area contributed by atoms with Crippen LogP contribution in [0.25, 0.3) is 95.4 Å². The Balaban J connectivity index is 1.17. The molecule has 0 radical (unpaired) electrons. The van der Waals surface area contributed by atoms with Crippen LogP contribution in [0.4, 0.5) is 0 Å². The van der Waals surface area contributed by atoms with E-state index in [1.165, 1.54) is 11.1 Å². The van der Waals surface area contributed by atoms with E-state index < -0.39 is 0 Å². The Bertz CT molecular complexity index is 2740. The van der Waals surface area contributed by atoms with Gasteiger partial charge >= 0.3 is 0 Å². The number of fused-ring (bicyclic) bond motifs is 6. The van der Waals surface area contributed by atoms with Crippen LogP contribution in [0.5, 0.6) is 0 Å². The van der Waals surface area contributed by atoms with E-state index in [-0.39, 0.29) is 0 Å². The minimum atomic E-state index is 0.589. The van der Waals surface area contributed by atoms with Gasteiger partial charge in [-0.2, -0.15) is 0 Å². The number of benzene rings is 6. The number of hydrogen-bond acceptors (Lipinski definition) is 5. The number of hydrogen-bond donors (Lipinski definition) is 0. The van der Waals surface area contributed by atoms with Crippen LogP contribution in [0.15, 0.2) is 154 Å². The maximum atomic E-state index is 6.50. The highest BCUT2D eigenvalue weighted by Crippen LogP contribution is 2.42. The third-order valence-corrected chi connectivity index (χ3v) is 9.62. The van der Waals surface area contributed by atoms with E-state index >= 15 is 0 Å². The zero-order chi connectivity index (χ0) is 33.0. The molecule has 6 aromatic carbocycles. The van der Waals surface area contributed by atoms with Crippen molar-refractivity contribution in [1.82, 2.24) is 15.0 Å². The Hall–Kier alpha value is -6.59. The van der Waals surface area contributed by atoms with Crippen LogP contribution in [0.3, 0.4) is 0 Å². The molecule has 0 spiro atoms. The molecule has 0 amide bonds. The lowest BCUT2D eigenvalue weighted by molar-refractivity contribution is 0.546. The first-order valence-corrected chi connectivity index (χ1v) is 16.9. The lowest BCUT2D eigenvalue weighted by atomic mass is 9.95. The Morgan fingerprint density at radius 2 is 1.04 bits per heavy atom. The summed E-state index contributed by atoms with van der Waals surface area (Å²) in [4.78, 5) is 15.3. The normalized spacial score (nSPS) is 12.6. The van der Waals surface area contributed by atoms with Gasteiger partial charge in [-0.1, -0.05) is 121 Å². The molecule has 0 unspecified atom stereocenters. The predicted octanol–water partition coefficient (Wildman–Crippen LogP) is 11.8. The molecule has 0 atom stereocenters. The summed E-state index contributed by atoms with van der Waals surface area (Å²) in [6.07, 6.45) is 6.28. The van der Waals surface area contributed by atoms with E-state index in [2.05, 4.69) is 84.9 Å². The second kappa shape index (κ2) is 11.5. The highest BCUT2D eigenvalue weighted by Gasteiger charge is 2.21. The van der Waals surface area contributed by atoms with Crippen molar-refractivity contribution in [3.63, 3.8) is 0 Å². The van der Waals surface area contributed by atoms with E-state index in [0.29, 0.717) is 17.5 Å². The first kappa shape index (κ1) is 28.4. The summed E-state index contributed by atoms with van der Waals surface area (Å²) in [5.41, 5.74) is 10.9. The molecule has 0 saturated heterocycles. The molecule has 3 aromatic heterocycles. The van der Waals surface area contributed by atoms with E-state index in [4.69, 9.17) is 23.8 Å². The molecule has 10 rings (SSSR count). The molecule has 9 aromatic rings. The van der Waals surface area contributed by atoms with Crippen LogP contribution >= 0.6 is 0 Å². The predicted molar refractivity (Wildman–Crippen MR) is 201 cm³/mol. The molecule has 0 saturated carbocycles. The minimum Gasteiger partial charge on any atom is -0.460 e. The highest BCUT2D eigenvalue weighted by molar-refractivity contribution is 6.17. The summed E-state index contributed by atoms with van der Waals surface area (Å²) in [6, 6.07) is 47.9. The largest absolute Gasteiger partial charge is 0.460 e. The maximum absolute atomic E-state index is 6.50. The number of nitrogens with zero attached hydrogens (tertiary/aromatic N) is 3. The number of rotatable bonds is 5. The Kier molecular flexibility index (Phi) is 6.56.